The van der Waals surface area contributed by atoms with E-state index in [1.54, 1.807) is 7.05 Å². The molecule has 136 valence electrons. The first-order valence-corrected chi connectivity index (χ1v) is 9.10. The first kappa shape index (κ1) is 17.9. The summed E-state index contributed by atoms with van der Waals surface area (Å²) in [4.78, 5) is 3.50. The van der Waals surface area contributed by atoms with E-state index in [-0.39, 0.29) is 49.7 Å². The number of morpholine rings is 1. The van der Waals surface area contributed by atoms with Gasteiger partial charge in [-0.3, -0.25) is 0 Å². The molecule has 10 heteroatoms. The Hall–Kier alpha value is -1.88. The first-order chi connectivity index (χ1) is 12.0. The lowest BCUT2D eigenvalue weighted by Gasteiger charge is -2.27. The van der Waals surface area contributed by atoms with E-state index in [9.17, 15) is 17.2 Å². The van der Waals surface area contributed by atoms with Crippen LogP contribution in [0.1, 0.15) is 5.56 Å². The summed E-state index contributed by atoms with van der Waals surface area (Å²) in [7, 11) is -2.46. The van der Waals surface area contributed by atoms with E-state index in [1.807, 2.05) is 0 Å². The second-order valence-electron chi connectivity index (χ2n) is 5.50. The van der Waals surface area contributed by atoms with Crippen LogP contribution in [-0.2, 0) is 21.5 Å². The molecule has 1 aliphatic heterocycles. The van der Waals surface area contributed by atoms with Gasteiger partial charge >= 0.3 is 10.2 Å². The Morgan fingerprint density at radius 3 is 2.68 bits per heavy atom. The third-order valence-electron chi connectivity index (χ3n) is 3.91. The Kier molecular flexibility index (Phi) is 5.13. The van der Waals surface area contributed by atoms with Gasteiger partial charge < -0.3 is 10.1 Å². The van der Waals surface area contributed by atoms with Gasteiger partial charge in [0.2, 0.25) is 5.95 Å². The van der Waals surface area contributed by atoms with Crippen LogP contribution in [0.3, 0.4) is 0 Å². The number of ether oxygens (including phenoxy) is 1. The Morgan fingerprint density at radius 2 is 2.04 bits per heavy atom. The molecule has 0 spiro atoms. The first-order valence-electron chi connectivity index (χ1n) is 7.70. The van der Waals surface area contributed by atoms with E-state index >= 15 is 0 Å². The highest BCUT2D eigenvalue weighted by Crippen LogP contribution is 2.30. The highest BCUT2D eigenvalue weighted by Gasteiger charge is 2.32. The van der Waals surface area contributed by atoms with Crippen LogP contribution in [0, 0.1) is 11.8 Å². The zero-order valence-corrected chi connectivity index (χ0v) is 14.4. The molecule has 25 heavy (non-hydrogen) atoms. The van der Waals surface area contributed by atoms with Gasteiger partial charge in [0, 0.05) is 37.6 Å². The van der Waals surface area contributed by atoms with Crippen molar-refractivity contribution in [1.82, 2.24) is 18.6 Å². The Morgan fingerprint density at radius 1 is 1.32 bits per heavy atom. The van der Waals surface area contributed by atoms with E-state index in [0.29, 0.717) is 0 Å². The number of halogens is 2. The monoisotopic (exact) mass is 372 g/mol. The molecular weight excluding hydrogens is 354 g/mol. The van der Waals surface area contributed by atoms with Crippen molar-refractivity contribution in [2.24, 2.45) is 0 Å². The summed E-state index contributed by atoms with van der Waals surface area (Å²) in [6, 6.07) is 2.73. The summed E-state index contributed by atoms with van der Waals surface area (Å²) < 4.78 is 62.1. The van der Waals surface area contributed by atoms with Crippen molar-refractivity contribution in [2.75, 3.05) is 33.4 Å². The highest BCUT2D eigenvalue weighted by atomic mass is 32.2. The van der Waals surface area contributed by atoms with Crippen molar-refractivity contribution < 1.29 is 21.9 Å². The molecule has 3 rings (SSSR count). The van der Waals surface area contributed by atoms with E-state index in [1.165, 1.54) is 28.8 Å². The average molecular weight is 372 g/mol. The van der Waals surface area contributed by atoms with Crippen LogP contribution in [0.4, 0.5) is 8.78 Å². The van der Waals surface area contributed by atoms with Crippen molar-refractivity contribution in [3.05, 3.63) is 41.9 Å². The lowest BCUT2D eigenvalue weighted by molar-refractivity contribution is 0.0726. The smallest absolute Gasteiger partial charge is 0.308 e. The molecule has 0 aromatic carbocycles. The second-order valence-corrected chi connectivity index (χ2v) is 7.31. The molecule has 3 heterocycles. The zero-order chi connectivity index (χ0) is 18.0. The van der Waals surface area contributed by atoms with Crippen LogP contribution >= 0.6 is 0 Å². The average Bonchev–Trinajstić information content (AvgIpc) is 2.94. The van der Waals surface area contributed by atoms with E-state index in [0.717, 1.165) is 3.97 Å². The third kappa shape index (κ3) is 3.30. The minimum atomic E-state index is -4.07. The van der Waals surface area contributed by atoms with E-state index in [2.05, 4.69) is 10.3 Å². The lowest BCUT2D eigenvalue weighted by atomic mass is 10.2. The maximum Gasteiger partial charge on any atom is 0.308 e. The van der Waals surface area contributed by atoms with Crippen LogP contribution in [0.2, 0.25) is 0 Å². The SMILES string of the molecule is CNCc1cn(S(=O)(=O)N2CCOCC2)c(-c2cccnc2F)c1F. The molecule has 1 N–H and O–H groups in total. The maximum absolute atomic E-state index is 14.9. The third-order valence-corrected chi connectivity index (χ3v) is 5.71. The zero-order valence-electron chi connectivity index (χ0n) is 13.6. The highest BCUT2D eigenvalue weighted by molar-refractivity contribution is 7.87. The predicted molar refractivity (Wildman–Crippen MR) is 87.1 cm³/mol. The molecule has 0 amide bonds. The number of nitrogens with zero attached hydrogens (tertiary/aromatic N) is 3. The molecule has 0 radical (unpaired) electrons. The molecule has 2 aromatic rings. The van der Waals surface area contributed by atoms with Gasteiger partial charge in [-0.05, 0) is 19.2 Å². The summed E-state index contributed by atoms with van der Waals surface area (Å²) in [5.41, 5.74) is -0.445. The maximum atomic E-state index is 14.9. The molecule has 0 bridgehead atoms. The van der Waals surface area contributed by atoms with Crippen LogP contribution in [0.15, 0.2) is 24.5 Å². The Balaban J connectivity index is 2.18. The number of hydrogen-bond acceptors (Lipinski definition) is 5. The van der Waals surface area contributed by atoms with Crippen molar-refractivity contribution >= 4 is 10.2 Å². The fourth-order valence-corrected chi connectivity index (χ4v) is 4.24. The predicted octanol–water partition coefficient (Wildman–Crippen LogP) is 0.973. The summed E-state index contributed by atoms with van der Waals surface area (Å²) in [6.07, 6.45) is 2.40. The largest absolute Gasteiger partial charge is 0.379 e. The minimum absolute atomic E-state index is 0.104. The van der Waals surface area contributed by atoms with Crippen molar-refractivity contribution in [3.8, 4) is 11.3 Å². The molecule has 2 aromatic heterocycles. The van der Waals surface area contributed by atoms with Gasteiger partial charge in [-0.25, -0.2) is 13.3 Å². The molecule has 1 saturated heterocycles. The number of nitrogens with one attached hydrogen (secondary N) is 1. The van der Waals surface area contributed by atoms with Gasteiger partial charge in [0.15, 0.2) is 5.82 Å². The van der Waals surface area contributed by atoms with Gasteiger partial charge in [0.05, 0.1) is 18.8 Å². The quantitative estimate of drug-likeness (QED) is 0.792. The summed E-state index contributed by atoms with van der Waals surface area (Å²) >= 11 is 0. The summed E-state index contributed by atoms with van der Waals surface area (Å²) in [5, 5.41) is 2.77. The van der Waals surface area contributed by atoms with Gasteiger partial charge in [0.25, 0.3) is 0 Å². The summed E-state index contributed by atoms with van der Waals surface area (Å²) in [6.45, 7) is 0.912. The number of rotatable bonds is 5. The van der Waals surface area contributed by atoms with Gasteiger partial charge in [-0.15, -0.1) is 0 Å². The summed E-state index contributed by atoms with van der Waals surface area (Å²) in [5.74, 6) is -1.73. The molecule has 1 fully saturated rings. The standard InChI is InChI=1S/C15H18F2N4O3S/c1-18-9-11-10-21(25(22,23)20-5-7-24-8-6-20)14(13(11)16)12-3-2-4-19-15(12)17/h2-4,10,18H,5-9H2,1H3. The Bertz CT molecular complexity index is 864. The number of hydrogen-bond donors (Lipinski definition) is 1. The molecule has 7 nitrogen and oxygen atoms in total. The molecule has 1 aliphatic rings. The van der Waals surface area contributed by atoms with Gasteiger partial charge in [-0.2, -0.15) is 17.1 Å². The van der Waals surface area contributed by atoms with E-state index in [4.69, 9.17) is 4.74 Å². The molecule has 0 atom stereocenters. The lowest BCUT2D eigenvalue weighted by Crippen LogP contribution is -2.43. The topological polar surface area (TPSA) is 76.5 Å². The second kappa shape index (κ2) is 7.16. The minimum Gasteiger partial charge on any atom is -0.379 e. The molecular formula is C15H18F2N4O3S. The number of pyridine rings is 1. The van der Waals surface area contributed by atoms with Gasteiger partial charge in [0.1, 0.15) is 5.69 Å². The fraction of sp³-hybridized carbons (Fsp3) is 0.400. The van der Waals surface area contributed by atoms with Crippen LogP contribution < -0.4 is 5.32 Å². The van der Waals surface area contributed by atoms with E-state index < -0.39 is 22.0 Å². The van der Waals surface area contributed by atoms with Crippen LogP contribution in [-0.4, -0.2) is 55.0 Å². The van der Waals surface area contributed by atoms with Crippen LogP contribution in [0.5, 0.6) is 0 Å². The Labute approximate surface area is 144 Å². The molecule has 0 aliphatic carbocycles. The molecule has 0 unspecified atom stereocenters. The fourth-order valence-electron chi connectivity index (χ4n) is 2.71. The normalized spacial score (nSPS) is 16.3. The van der Waals surface area contributed by atoms with Crippen molar-refractivity contribution in [2.45, 2.75) is 6.54 Å². The van der Waals surface area contributed by atoms with Gasteiger partial charge in [-0.1, -0.05) is 0 Å². The van der Waals surface area contributed by atoms with Crippen molar-refractivity contribution in [3.63, 3.8) is 0 Å². The molecule has 0 saturated carbocycles. The van der Waals surface area contributed by atoms with Crippen LogP contribution in [0.25, 0.3) is 11.3 Å². The number of aromatic nitrogens is 2. The van der Waals surface area contributed by atoms with Crippen molar-refractivity contribution in [1.29, 1.82) is 0 Å².